The third-order valence-corrected chi connectivity index (χ3v) is 6.18. The van der Waals surface area contributed by atoms with Gasteiger partial charge >= 0.3 is 0 Å². The number of aromatic nitrogens is 2. The van der Waals surface area contributed by atoms with E-state index in [9.17, 15) is 0 Å². The van der Waals surface area contributed by atoms with Gasteiger partial charge in [-0.15, -0.1) is 11.3 Å². The summed E-state index contributed by atoms with van der Waals surface area (Å²) in [6.45, 7) is 0. The summed E-state index contributed by atoms with van der Waals surface area (Å²) in [6, 6.07) is 8.80. The summed E-state index contributed by atoms with van der Waals surface area (Å²) in [5.41, 5.74) is 4.17. The predicted octanol–water partition coefficient (Wildman–Crippen LogP) is 4.64. The lowest BCUT2D eigenvalue weighted by atomic mass is 9.81. The van der Waals surface area contributed by atoms with Crippen molar-refractivity contribution in [2.45, 2.75) is 24.1 Å². The molecule has 1 aliphatic rings. The second-order valence-corrected chi connectivity index (χ2v) is 7.29. The van der Waals surface area contributed by atoms with Crippen LogP contribution in [0.5, 0.6) is 0 Å². The van der Waals surface area contributed by atoms with E-state index in [0.29, 0.717) is 10.7 Å². The van der Waals surface area contributed by atoms with E-state index in [-0.39, 0.29) is 0 Å². The van der Waals surface area contributed by atoms with E-state index in [4.69, 9.17) is 4.98 Å². The summed E-state index contributed by atoms with van der Waals surface area (Å²) < 4.78 is 2.13. The molecule has 1 aliphatic carbocycles. The largest absolute Gasteiger partial charge is 0.297 e. The van der Waals surface area contributed by atoms with Crippen molar-refractivity contribution in [2.24, 2.45) is 5.92 Å². The Morgan fingerprint density at radius 2 is 2.25 bits per heavy atom. The maximum atomic E-state index is 4.72. The molecule has 1 aromatic carbocycles. The van der Waals surface area contributed by atoms with Gasteiger partial charge in [-0.1, -0.05) is 40.2 Å². The van der Waals surface area contributed by atoms with Crippen molar-refractivity contribution in [3.05, 3.63) is 58.9 Å². The minimum absolute atomic E-state index is 0.451. The fourth-order valence-corrected chi connectivity index (χ4v) is 4.74. The van der Waals surface area contributed by atoms with Gasteiger partial charge in [-0.3, -0.25) is 4.40 Å². The number of aryl methyl sites for hydroxylation is 1. The summed E-state index contributed by atoms with van der Waals surface area (Å²) in [7, 11) is 0. The molecule has 102 valence electrons. The molecule has 20 heavy (non-hydrogen) atoms. The van der Waals surface area contributed by atoms with Crippen molar-refractivity contribution < 1.29 is 0 Å². The highest BCUT2D eigenvalue weighted by Gasteiger charge is 2.28. The van der Waals surface area contributed by atoms with Crippen LogP contribution in [0.1, 0.15) is 28.1 Å². The number of nitrogens with zero attached hydrogens (tertiary/aromatic N) is 2. The van der Waals surface area contributed by atoms with E-state index in [2.05, 4.69) is 62.4 Å². The standard InChI is InChI=1S/C16H15BrN2S/c17-15-12(6-5-11-3-1-2-4-14(11)15)9-13-10-19-7-8-20-16(19)18-13/h1-4,7-8,10,12,15H,5-6,9H2. The van der Waals surface area contributed by atoms with Crippen LogP contribution in [0.15, 0.2) is 42.0 Å². The van der Waals surface area contributed by atoms with Crippen molar-refractivity contribution in [1.82, 2.24) is 9.38 Å². The number of imidazole rings is 1. The quantitative estimate of drug-likeness (QED) is 0.618. The van der Waals surface area contributed by atoms with E-state index >= 15 is 0 Å². The second-order valence-electron chi connectivity index (χ2n) is 5.43. The van der Waals surface area contributed by atoms with Gasteiger partial charge in [0.15, 0.2) is 4.96 Å². The van der Waals surface area contributed by atoms with Crippen LogP contribution in [0.25, 0.3) is 4.96 Å². The highest BCUT2D eigenvalue weighted by atomic mass is 79.9. The minimum atomic E-state index is 0.451. The third-order valence-electron chi connectivity index (χ3n) is 4.17. The predicted molar refractivity (Wildman–Crippen MR) is 86.7 cm³/mol. The lowest BCUT2D eigenvalue weighted by molar-refractivity contribution is 0.449. The Kier molecular flexibility index (Phi) is 3.15. The zero-order chi connectivity index (χ0) is 13.5. The number of benzene rings is 1. The van der Waals surface area contributed by atoms with E-state index < -0.39 is 0 Å². The fourth-order valence-electron chi connectivity index (χ4n) is 3.12. The number of fused-ring (bicyclic) bond motifs is 2. The Morgan fingerprint density at radius 1 is 1.35 bits per heavy atom. The van der Waals surface area contributed by atoms with Gasteiger partial charge in [0.2, 0.25) is 0 Å². The Hall–Kier alpha value is -1.13. The first-order valence-electron chi connectivity index (χ1n) is 6.94. The van der Waals surface area contributed by atoms with E-state index in [0.717, 1.165) is 11.4 Å². The number of halogens is 1. The highest BCUT2D eigenvalue weighted by Crippen LogP contribution is 2.41. The van der Waals surface area contributed by atoms with E-state index in [1.165, 1.54) is 29.7 Å². The normalized spacial score (nSPS) is 22.1. The van der Waals surface area contributed by atoms with Gasteiger partial charge in [0, 0.05) is 22.6 Å². The van der Waals surface area contributed by atoms with Gasteiger partial charge in [0.25, 0.3) is 0 Å². The number of alkyl halides is 1. The summed E-state index contributed by atoms with van der Waals surface area (Å²) in [4.78, 5) is 6.27. The average molecular weight is 347 g/mol. The van der Waals surface area contributed by atoms with Gasteiger partial charge in [-0.2, -0.15) is 0 Å². The summed E-state index contributed by atoms with van der Waals surface area (Å²) in [6.07, 6.45) is 7.73. The lowest BCUT2D eigenvalue weighted by Gasteiger charge is -2.29. The van der Waals surface area contributed by atoms with Crippen LogP contribution in [0.2, 0.25) is 0 Å². The monoisotopic (exact) mass is 346 g/mol. The van der Waals surface area contributed by atoms with Crippen LogP contribution in [0, 0.1) is 5.92 Å². The van der Waals surface area contributed by atoms with Crippen LogP contribution >= 0.6 is 27.3 Å². The highest BCUT2D eigenvalue weighted by molar-refractivity contribution is 9.09. The van der Waals surface area contributed by atoms with E-state index in [1.54, 1.807) is 11.3 Å². The van der Waals surface area contributed by atoms with Crippen LogP contribution in [-0.2, 0) is 12.8 Å². The van der Waals surface area contributed by atoms with Gasteiger partial charge in [-0.25, -0.2) is 4.98 Å². The summed E-state index contributed by atoms with van der Waals surface area (Å²) in [5, 5.41) is 2.08. The van der Waals surface area contributed by atoms with Crippen LogP contribution in [0.3, 0.4) is 0 Å². The molecule has 0 radical (unpaired) electrons. The maximum Gasteiger partial charge on any atom is 0.193 e. The Bertz CT molecular complexity index is 717. The molecule has 3 aromatic rings. The molecule has 0 spiro atoms. The smallest absolute Gasteiger partial charge is 0.193 e. The molecule has 2 aromatic heterocycles. The van der Waals surface area contributed by atoms with Crippen molar-refractivity contribution in [1.29, 1.82) is 0 Å². The lowest BCUT2D eigenvalue weighted by Crippen LogP contribution is -2.19. The molecule has 2 unspecified atom stereocenters. The zero-order valence-corrected chi connectivity index (χ0v) is 13.4. The molecule has 0 saturated heterocycles. The molecule has 4 rings (SSSR count). The average Bonchev–Trinajstić information content (AvgIpc) is 3.03. The van der Waals surface area contributed by atoms with Crippen molar-refractivity contribution >= 4 is 32.2 Å². The second kappa shape index (κ2) is 5.01. The molecule has 0 amide bonds. The summed E-state index contributed by atoms with van der Waals surface area (Å²) in [5.74, 6) is 0.634. The van der Waals surface area contributed by atoms with Crippen molar-refractivity contribution in [3.63, 3.8) is 0 Å². The van der Waals surface area contributed by atoms with Crippen molar-refractivity contribution in [3.8, 4) is 0 Å². The first-order valence-corrected chi connectivity index (χ1v) is 8.74. The molecule has 2 atom stereocenters. The van der Waals surface area contributed by atoms with Crippen LogP contribution in [0.4, 0.5) is 0 Å². The van der Waals surface area contributed by atoms with Crippen LogP contribution < -0.4 is 0 Å². The topological polar surface area (TPSA) is 17.3 Å². The van der Waals surface area contributed by atoms with Gasteiger partial charge < -0.3 is 0 Å². The molecule has 4 heteroatoms. The molecule has 2 heterocycles. The molecule has 0 bridgehead atoms. The Morgan fingerprint density at radius 3 is 3.15 bits per heavy atom. The molecular weight excluding hydrogens is 332 g/mol. The zero-order valence-electron chi connectivity index (χ0n) is 11.0. The third kappa shape index (κ3) is 2.11. The van der Waals surface area contributed by atoms with Crippen molar-refractivity contribution in [2.75, 3.05) is 0 Å². The number of thiazole rings is 1. The molecular formula is C16H15BrN2S. The van der Waals surface area contributed by atoms with Crippen LogP contribution in [-0.4, -0.2) is 9.38 Å². The molecule has 0 saturated carbocycles. The Labute approximate surface area is 130 Å². The first-order chi connectivity index (χ1) is 9.81. The number of hydrogen-bond acceptors (Lipinski definition) is 2. The molecule has 0 fully saturated rings. The SMILES string of the molecule is BrC1c2ccccc2CCC1Cc1cn2ccsc2n1. The van der Waals surface area contributed by atoms with Gasteiger partial charge in [0.05, 0.1) is 5.69 Å². The molecule has 0 N–H and O–H groups in total. The van der Waals surface area contributed by atoms with E-state index in [1.807, 2.05) is 0 Å². The minimum Gasteiger partial charge on any atom is -0.297 e. The maximum absolute atomic E-state index is 4.72. The fraction of sp³-hybridized carbons (Fsp3) is 0.312. The van der Waals surface area contributed by atoms with Gasteiger partial charge in [0.1, 0.15) is 0 Å². The Balaban J connectivity index is 1.59. The number of rotatable bonds is 2. The number of hydrogen-bond donors (Lipinski definition) is 0. The summed E-state index contributed by atoms with van der Waals surface area (Å²) >= 11 is 5.61. The molecule has 0 aliphatic heterocycles. The molecule has 2 nitrogen and oxygen atoms in total. The van der Waals surface area contributed by atoms with Gasteiger partial charge in [-0.05, 0) is 36.3 Å². The first kappa shape index (κ1) is 12.6.